The van der Waals surface area contributed by atoms with E-state index in [-0.39, 0.29) is 22.1 Å². The number of unbranched alkanes of at least 4 members (excludes halogenated alkanes) is 1. The summed E-state index contributed by atoms with van der Waals surface area (Å²) in [6.45, 7) is 2.25. The highest BCUT2D eigenvalue weighted by Crippen LogP contribution is 2.22. The van der Waals surface area contributed by atoms with Crippen molar-refractivity contribution in [1.82, 2.24) is 0 Å². The minimum absolute atomic E-state index is 0.0674. The van der Waals surface area contributed by atoms with Crippen LogP contribution in [0.25, 0.3) is 0 Å². The second-order valence-corrected chi connectivity index (χ2v) is 6.61. The molecular weight excluding hydrogens is 299 g/mol. The number of carbonyl (C=O) groups is 1. The fourth-order valence-corrected chi connectivity index (χ4v) is 2.32. The molecule has 0 saturated heterocycles. The highest BCUT2D eigenvalue weighted by atomic mass is 35.7. The minimum atomic E-state index is -3.93. The molecule has 0 amide bonds. The van der Waals surface area contributed by atoms with Crippen LogP contribution in [-0.2, 0) is 13.8 Å². The van der Waals surface area contributed by atoms with Crippen molar-refractivity contribution in [2.45, 2.75) is 24.7 Å². The Hall–Kier alpha value is -0.780. The molecule has 0 aliphatic carbocycles. The lowest BCUT2D eigenvalue weighted by Gasteiger charge is -2.05. The Bertz CT molecular complexity index is 540. The fraction of sp³-hybridized carbons (Fsp3) is 0.364. The van der Waals surface area contributed by atoms with Gasteiger partial charge in [-0.1, -0.05) is 24.9 Å². The summed E-state index contributed by atoms with van der Waals surface area (Å²) in [6.07, 6.45) is 1.64. The first kappa shape index (κ1) is 15.3. The topological polar surface area (TPSA) is 60.4 Å². The number of hydrogen-bond donors (Lipinski definition) is 0. The molecule has 0 fully saturated rings. The van der Waals surface area contributed by atoms with Crippen LogP contribution in [-0.4, -0.2) is 21.0 Å². The summed E-state index contributed by atoms with van der Waals surface area (Å²) in [5.74, 6) is -0.618. The Balaban J connectivity index is 2.96. The van der Waals surface area contributed by atoms with Crippen molar-refractivity contribution in [2.24, 2.45) is 0 Å². The van der Waals surface area contributed by atoms with Crippen LogP contribution in [0.2, 0.25) is 5.02 Å². The first-order chi connectivity index (χ1) is 8.34. The van der Waals surface area contributed by atoms with Gasteiger partial charge in [0.2, 0.25) is 0 Å². The SMILES string of the molecule is CCCCOC(=O)c1cc(Cl)cc(S(=O)(=O)Cl)c1. The molecule has 0 saturated carbocycles. The molecule has 0 atom stereocenters. The van der Waals surface area contributed by atoms with Crippen molar-refractivity contribution in [3.8, 4) is 0 Å². The van der Waals surface area contributed by atoms with Crippen LogP contribution >= 0.6 is 22.3 Å². The van der Waals surface area contributed by atoms with Gasteiger partial charge in [-0.05, 0) is 24.6 Å². The number of esters is 1. The van der Waals surface area contributed by atoms with Crippen LogP contribution in [0, 0.1) is 0 Å². The fourth-order valence-electron chi connectivity index (χ4n) is 1.21. The van der Waals surface area contributed by atoms with E-state index >= 15 is 0 Å². The van der Waals surface area contributed by atoms with E-state index in [1.54, 1.807) is 0 Å². The molecular formula is C11H12Cl2O4S. The maximum absolute atomic E-state index is 11.6. The van der Waals surface area contributed by atoms with Gasteiger partial charge in [-0.15, -0.1) is 0 Å². The number of hydrogen-bond acceptors (Lipinski definition) is 4. The van der Waals surface area contributed by atoms with Gasteiger partial charge in [0.05, 0.1) is 17.1 Å². The zero-order valence-electron chi connectivity index (χ0n) is 9.65. The van der Waals surface area contributed by atoms with Gasteiger partial charge in [-0.2, -0.15) is 0 Å². The van der Waals surface area contributed by atoms with E-state index in [1.165, 1.54) is 12.1 Å². The smallest absolute Gasteiger partial charge is 0.338 e. The number of ether oxygens (including phenoxy) is 1. The Morgan fingerprint density at radius 3 is 2.56 bits per heavy atom. The number of halogens is 2. The molecule has 1 aromatic carbocycles. The van der Waals surface area contributed by atoms with E-state index in [9.17, 15) is 13.2 Å². The van der Waals surface area contributed by atoms with Gasteiger partial charge in [0.25, 0.3) is 9.05 Å². The van der Waals surface area contributed by atoms with Crippen molar-refractivity contribution >= 4 is 37.3 Å². The van der Waals surface area contributed by atoms with Gasteiger partial charge in [-0.25, -0.2) is 13.2 Å². The Kier molecular flexibility index (Phi) is 5.44. The first-order valence-corrected chi connectivity index (χ1v) is 7.95. The van der Waals surface area contributed by atoms with Crippen molar-refractivity contribution in [3.63, 3.8) is 0 Å². The molecule has 18 heavy (non-hydrogen) atoms. The Morgan fingerprint density at radius 2 is 2.00 bits per heavy atom. The first-order valence-electron chi connectivity index (χ1n) is 5.27. The predicted octanol–water partition coefficient (Wildman–Crippen LogP) is 3.22. The van der Waals surface area contributed by atoms with Crippen molar-refractivity contribution in [2.75, 3.05) is 6.61 Å². The summed E-state index contributed by atoms with van der Waals surface area (Å²) in [6, 6.07) is 3.65. The summed E-state index contributed by atoms with van der Waals surface area (Å²) in [5, 5.41) is 0.110. The standard InChI is InChI=1S/C11H12Cl2O4S/c1-2-3-4-17-11(14)8-5-9(12)7-10(6-8)18(13,15)16/h5-7H,2-4H2,1H3. The zero-order valence-corrected chi connectivity index (χ0v) is 12.0. The van der Waals surface area contributed by atoms with Crippen molar-refractivity contribution < 1.29 is 17.9 Å². The molecule has 1 rings (SSSR count). The second kappa shape index (κ2) is 6.41. The van der Waals surface area contributed by atoms with Gasteiger partial charge in [0, 0.05) is 15.7 Å². The molecule has 0 bridgehead atoms. The van der Waals surface area contributed by atoms with Crippen LogP contribution in [0.3, 0.4) is 0 Å². The molecule has 0 aliphatic rings. The highest BCUT2D eigenvalue weighted by Gasteiger charge is 2.16. The summed E-state index contributed by atoms with van der Waals surface area (Å²) in [7, 11) is 1.27. The Labute approximate surface area is 115 Å². The van der Waals surface area contributed by atoms with E-state index in [0.717, 1.165) is 18.9 Å². The van der Waals surface area contributed by atoms with Gasteiger partial charge in [0.15, 0.2) is 0 Å². The van der Waals surface area contributed by atoms with Gasteiger partial charge < -0.3 is 4.74 Å². The second-order valence-electron chi connectivity index (χ2n) is 3.60. The maximum Gasteiger partial charge on any atom is 0.338 e. The third kappa shape index (κ3) is 4.48. The summed E-state index contributed by atoms with van der Waals surface area (Å²) < 4.78 is 27.3. The molecule has 0 unspecified atom stereocenters. The van der Waals surface area contributed by atoms with E-state index in [0.29, 0.717) is 0 Å². The summed E-state index contributed by atoms with van der Waals surface area (Å²) in [4.78, 5) is 11.4. The number of rotatable bonds is 5. The average Bonchev–Trinajstić information content (AvgIpc) is 2.27. The number of carbonyl (C=O) groups excluding carboxylic acids is 1. The lowest BCUT2D eigenvalue weighted by Crippen LogP contribution is -2.07. The van der Waals surface area contributed by atoms with Crippen LogP contribution in [0.4, 0.5) is 0 Å². The van der Waals surface area contributed by atoms with Gasteiger partial charge in [-0.3, -0.25) is 0 Å². The predicted molar refractivity (Wildman–Crippen MR) is 69.7 cm³/mol. The van der Waals surface area contributed by atoms with Crippen LogP contribution in [0.1, 0.15) is 30.1 Å². The number of benzene rings is 1. The molecule has 0 aliphatic heterocycles. The van der Waals surface area contributed by atoms with Crippen molar-refractivity contribution in [3.05, 3.63) is 28.8 Å². The van der Waals surface area contributed by atoms with Crippen LogP contribution < -0.4 is 0 Å². The summed E-state index contributed by atoms with van der Waals surface area (Å²) in [5.41, 5.74) is 0.0674. The molecule has 1 aromatic rings. The van der Waals surface area contributed by atoms with Gasteiger partial charge in [0.1, 0.15) is 0 Å². The van der Waals surface area contributed by atoms with Crippen LogP contribution in [0.5, 0.6) is 0 Å². The van der Waals surface area contributed by atoms with E-state index in [1.807, 2.05) is 6.92 Å². The lowest BCUT2D eigenvalue weighted by atomic mass is 10.2. The molecule has 4 nitrogen and oxygen atoms in total. The molecule has 100 valence electrons. The monoisotopic (exact) mass is 310 g/mol. The molecule has 0 aromatic heterocycles. The average molecular weight is 311 g/mol. The van der Waals surface area contributed by atoms with Crippen molar-refractivity contribution in [1.29, 1.82) is 0 Å². The third-order valence-corrected chi connectivity index (χ3v) is 3.67. The molecule has 0 N–H and O–H groups in total. The zero-order chi connectivity index (χ0) is 13.8. The summed E-state index contributed by atoms with van der Waals surface area (Å²) >= 11 is 5.73. The molecule has 0 heterocycles. The highest BCUT2D eigenvalue weighted by molar-refractivity contribution is 8.13. The van der Waals surface area contributed by atoms with E-state index in [2.05, 4.69) is 0 Å². The largest absolute Gasteiger partial charge is 0.462 e. The quantitative estimate of drug-likeness (QED) is 0.476. The maximum atomic E-state index is 11.6. The Morgan fingerprint density at radius 1 is 1.33 bits per heavy atom. The molecule has 0 spiro atoms. The van der Waals surface area contributed by atoms with E-state index in [4.69, 9.17) is 27.0 Å². The van der Waals surface area contributed by atoms with Crippen LogP contribution in [0.15, 0.2) is 23.1 Å². The molecule has 0 radical (unpaired) electrons. The lowest BCUT2D eigenvalue weighted by molar-refractivity contribution is 0.0499. The van der Waals surface area contributed by atoms with E-state index < -0.39 is 15.0 Å². The third-order valence-electron chi connectivity index (χ3n) is 2.12. The molecule has 7 heteroatoms. The van der Waals surface area contributed by atoms with Gasteiger partial charge >= 0.3 is 5.97 Å². The normalized spacial score (nSPS) is 11.3. The minimum Gasteiger partial charge on any atom is -0.462 e.